The second kappa shape index (κ2) is 9.72. The van der Waals surface area contributed by atoms with Gasteiger partial charge in [0.2, 0.25) is 11.8 Å². The molecule has 2 amide bonds. The third kappa shape index (κ3) is 6.10. The lowest BCUT2D eigenvalue weighted by atomic mass is 10.0. The summed E-state index contributed by atoms with van der Waals surface area (Å²) in [6.07, 6.45) is 4.11. The third-order valence-corrected chi connectivity index (χ3v) is 4.45. The van der Waals surface area contributed by atoms with Crippen molar-refractivity contribution in [2.45, 2.75) is 33.1 Å². The number of benzene rings is 2. The van der Waals surface area contributed by atoms with Gasteiger partial charge in [0.05, 0.1) is 6.54 Å². The summed E-state index contributed by atoms with van der Waals surface area (Å²) in [7, 11) is 1.62. The molecule has 0 aliphatic heterocycles. The summed E-state index contributed by atoms with van der Waals surface area (Å²) in [6, 6.07) is 15.8. The van der Waals surface area contributed by atoms with E-state index < -0.39 is 0 Å². The molecule has 2 rings (SSSR count). The maximum Gasteiger partial charge on any atom is 0.246 e. The van der Waals surface area contributed by atoms with Crippen molar-refractivity contribution in [1.29, 1.82) is 0 Å². The minimum Gasteiger partial charge on any atom is -0.333 e. The number of hydrogen-bond donors (Lipinski definition) is 1. The van der Waals surface area contributed by atoms with Crippen LogP contribution in [0.2, 0.25) is 0 Å². The molecular weight excluding hydrogens is 336 g/mol. The number of nitrogens with one attached hydrogen (secondary N) is 1. The highest BCUT2D eigenvalue weighted by molar-refractivity contribution is 5.98. The van der Waals surface area contributed by atoms with Crippen molar-refractivity contribution < 1.29 is 9.59 Å². The molecule has 0 saturated heterocycles. The first-order valence-electron chi connectivity index (χ1n) is 9.31. The predicted octanol–water partition coefficient (Wildman–Crippen LogP) is 4.48. The summed E-state index contributed by atoms with van der Waals surface area (Å²) < 4.78 is 0. The fourth-order valence-electron chi connectivity index (χ4n) is 2.72. The Kier molecular flexibility index (Phi) is 7.35. The van der Waals surface area contributed by atoms with Gasteiger partial charge < -0.3 is 10.2 Å². The van der Waals surface area contributed by atoms with Crippen molar-refractivity contribution in [2.24, 2.45) is 0 Å². The minimum atomic E-state index is -0.207. The number of carbonyl (C=O) groups excluding carboxylic acids is 2. The van der Waals surface area contributed by atoms with Crippen LogP contribution in [0.5, 0.6) is 0 Å². The van der Waals surface area contributed by atoms with E-state index in [1.54, 1.807) is 13.1 Å². The van der Waals surface area contributed by atoms with Crippen LogP contribution in [0.1, 0.15) is 43.4 Å². The monoisotopic (exact) mass is 364 g/mol. The highest BCUT2D eigenvalue weighted by Gasteiger charge is 2.12. The number of para-hydroxylation sites is 1. The van der Waals surface area contributed by atoms with Crippen LogP contribution in [0.4, 0.5) is 5.69 Å². The Morgan fingerprint density at radius 2 is 1.74 bits per heavy atom. The summed E-state index contributed by atoms with van der Waals surface area (Å²) in [6.45, 7) is 6.34. The van der Waals surface area contributed by atoms with Gasteiger partial charge in [0.25, 0.3) is 0 Å². The van der Waals surface area contributed by atoms with E-state index in [4.69, 9.17) is 0 Å². The van der Waals surface area contributed by atoms with Crippen LogP contribution < -0.4 is 5.32 Å². The molecule has 4 nitrogen and oxygen atoms in total. The first-order valence-corrected chi connectivity index (χ1v) is 9.31. The molecular formula is C23H28N2O2. The zero-order valence-corrected chi connectivity index (χ0v) is 16.5. The van der Waals surface area contributed by atoms with Crippen molar-refractivity contribution in [3.05, 3.63) is 71.3 Å². The number of nitrogens with zero attached hydrogens (tertiary/aromatic N) is 1. The smallest absolute Gasteiger partial charge is 0.246 e. The van der Waals surface area contributed by atoms with Gasteiger partial charge in [0.15, 0.2) is 0 Å². The molecule has 27 heavy (non-hydrogen) atoms. The second-order valence-electron chi connectivity index (χ2n) is 6.91. The largest absolute Gasteiger partial charge is 0.333 e. The molecule has 0 saturated carbocycles. The molecule has 0 aromatic heterocycles. The van der Waals surface area contributed by atoms with Crippen molar-refractivity contribution in [3.8, 4) is 0 Å². The maximum atomic E-state index is 12.3. The molecule has 1 N–H and O–H groups in total. The van der Waals surface area contributed by atoms with Crippen LogP contribution in [0.3, 0.4) is 0 Å². The first-order chi connectivity index (χ1) is 12.9. The van der Waals surface area contributed by atoms with Gasteiger partial charge in [-0.05, 0) is 41.2 Å². The average molecular weight is 364 g/mol. The Balaban J connectivity index is 1.91. The Hall–Kier alpha value is -2.88. The standard InChI is InChI=1S/C23H28N2O2/c1-5-19-8-6-7-9-21(19)24-22(26)16-25(4)23(27)15-12-18-10-13-20(14-11-18)17(2)3/h6-15,17H,5,16H2,1-4H3,(H,24,26)/b15-12+. The van der Waals surface area contributed by atoms with Crippen LogP contribution in [-0.4, -0.2) is 30.3 Å². The van der Waals surface area contributed by atoms with Crippen LogP contribution in [0.25, 0.3) is 6.08 Å². The molecule has 0 spiro atoms. The lowest BCUT2D eigenvalue weighted by molar-refractivity contribution is -0.129. The Morgan fingerprint density at radius 1 is 1.07 bits per heavy atom. The summed E-state index contributed by atoms with van der Waals surface area (Å²) in [5.74, 6) is 0.0652. The van der Waals surface area contributed by atoms with E-state index in [0.717, 1.165) is 23.2 Å². The molecule has 2 aromatic carbocycles. The molecule has 0 aliphatic rings. The first kappa shape index (κ1) is 20.4. The van der Waals surface area contributed by atoms with E-state index in [2.05, 4.69) is 31.3 Å². The van der Waals surface area contributed by atoms with E-state index in [1.807, 2.05) is 43.3 Å². The van der Waals surface area contributed by atoms with Crippen molar-refractivity contribution in [1.82, 2.24) is 4.90 Å². The van der Waals surface area contributed by atoms with Crippen molar-refractivity contribution in [2.75, 3.05) is 18.9 Å². The summed E-state index contributed by atoms with van der Waals surface area (Å²) in [5.41, 5.74) is 4.10. The molecule has 0 fully saturated rings. The Labute approximate surface area is 161 Å². The molecule has 0 aliphatic carbocycles. The highest BCUT2D eigenvalue weighted by atomic mass is 16.2. The van der Waals surface area contributed by atoms with Gasteiger partial charge in [-0.1, -0.05) is 63.2 Å². The van der Waals surface area contributed by atoms with E-state index >= 15 is 0 Å². The Bertz CT molecular complexity index is 807. The van der Waals surface area contributed by atoms with Gasteiger partial charge >= 0.3 is 0 Å². The molecule has 0 atom stereocenters. The molecule has 0 bridgehead atoms. The number of rotatable bonds is 7. The van der Waals surface area contributed by atoms with Crippen molar-refractivity contribution >= 4 is 23.6 Å². The van der Waals surface area contributed by atoms with E-state index in [1.165, 1.54) is 16.5 Å². The van der Waals surface area contributed by atoms with Crippen LogP contribution >= 0.6 is 0 Å². The van der Waals surface area contributed by atoms with Crippen LogP contribution in [-0.2, 0) is 16.0 Å². The van der Waals surface area contributed by atoms with E-state index in [9.17, 15) is 9.59 Å². The Morgan fingerprint density at radius 3 is 2.37 bits per heavy atom. The number of carbonyl (C=O) groups is 2. The van der Waals surface area contributed by atoms with Gasteiger partial charge in [-0.3, -0.25) is 9.59 Å². The van der Waals surface area contributed by atoms with Gasteiger partial charge in [-0.15, -0.1) is 0 Å². The lowest BCUT2D eigenvalue weighted by Crippen LogP contribution is -2.34. The van der Waals surface area contributed by atoms with Gasteiger partial charge in [0, 0.05) is 18.8 Å². The normalized spacial score (nSPS) is 11.0. The van der Waals surface area contributed by atoms with Gasteiger partial charge in [-0.25, -0.2) is 0 Å². The van der Waals surface area contributed by atoms with E-state index in [0.29, 0.717) is 5.92 Å². The van der Waals surface area contributed by atoms with Gasteiger partial charge in [-0.2, -0.15) is 0 Å². The van der Waals surface area contributed by atoms with Crippen LogP contribution in [0.15, 0.2) is 54.6 Å². The number of hydrogen-bond acceptors (Lipinski definition) is 2. The molecule has 142 valence electrons. The molecule has 0 unspecified atom stereocenters. The maximum absolute atomic E-state index is 12.3. The fourth-order valence-corrected chi connectivity index (χ4v) is 2.72. The number of anilines is 1. The SMILES string of the molecule is CCc1ccccc1NC(=O)CN(C)C(=O)/C=C/c1ccc(C(C)C)cc1. The average Bonchev–Trinajstić information content (AvgIpc) is 2.66. The zero-order valence-electron chi connectivity index (χ0n) is 16.5. The zero-order chi connectivity index (χ0) is 19.8. The van der Waals surface area contributed by atoms with E-state index in [-0.39, 0.29) is 18.4 Å². The topological polar surface area (TPSA) is 49.4 Å². The minimum absolute atomic E-state index is 0.00745. The number of amides is 2. The fraction of sp³-hybridized carbons (Fsp3) is 0.304. The number of aryl methyl sites for hydroxylation is 1. The lowest BCUT2D eigenvalue weighted by Gasteiger charge is -2.16. The predicted molar refractivity (Wildman–Crippen MR) is 112 cm³/mol. The molecule has 0 radical (unpaired) electrons. The summed E-state index contributed by atoms with van der Waals surface area (Å²) >= 11 is 0. The number of likely N-dealkylation sites (N-methyl/N-ethyl adjacent to an activating group) is 1. The molecule has 2 aromatic rings. The molecule has 0 heterocycles. The highest BCUT2D eigenvalue weighted by Crippen LogP contribution is 2.16. The van der Waals surface area contributed by atoms with Crippen LogP contribution in [0, 0.1) is 0 Å². The van der Waals surface area contributed by atoms with Crippen molar-refractivity contribution in [3.63, 3.8) is 0 Å². The molecule has 4 heteroatoms. The second-order valence-corrected chi connectivity index (χ2v) is 6.91. The third-order valence-electron chi connectivity index (χ3n) is 4.45. The summed E-state index contributed by atoms with van der Waals surface area (Å²) in [4.78, 5) is 25.9. The van der Waals surface area contributed by atoms with Gasteiger partial charge in [0.1, 0.15) is 0 Å². The summed E-state index contributed by atoms with van der Waals surface area (Å²) in [5, 5.41) is 2.88. The quantitative estimate of drug-likeness (QED) is 0.736.